The van der Waals surface area contributed by atoms with Crippen molar-refractivity contribution in [1.29, 1.82) is 0 Å². The fourth-order valence-corrected chi connectivity index (χ4v) is 7.51. The van der Waals surface area contributed by atoms with Gasteiger partial charge in [0.25, 0.3) is 5.82 Å². The van der Waals surface area contributed by atoms with Gasteiger partial charge in [-0.05, 0) is 80.3 Å². The first kappa shape index (κ1) is 27.4. The van der Waals surface area contributed by atoms with Gasteiger partial charge in [-0.3, -0.25) is 9.89 Å². The van der Waals surface area contributed by atoms with Crippen molar-refractivity contribution in [2.75, 3.05) is 37.5 Å². The van der Waals surface area contributed by atoms with Crippen LogP contribution in [0.1, 0.15) is 66.2 Å². The maximum absolute atomic E-state index is 12.5. The van der Waals surface area contributed by atoms with E-state index < -0.39 is 0 Å². The topological polar surface area (TPSA) is 104 Å². The number of hydrogen-bond donors (Lipinski definition) is 2. The minimum absolute atomic E-state index is 0.0566. The van der Waals surface area contributed by atoms with E-state index in [2.05, 4.69) is 66.8 Å². The number of nitrogens with zero attached hydrogens (tertiary/aromatic N) is 4. The molecule has 0 spiro atoms. The molecule has 8 nitrogen and oxygen atoms in total. The molecular formula is C31H44N6O2. The monoisotopic (exact) mass is 532 g/mol. The van der Waals surface area contributed by atoms with Gasteiger partial charge in [0.2, 0.25) is 0 Å². The molecule has 2 aliphatic heterocycles. The van der Waals surface area contributed by atoms with Gasteiger partial charge in [-0.15, -0.1) is 0 Å². The van der Waals surface area contributed by atoms with Gasteiger partial charge in [-0.25, -0.2) is 4.98 Å². The molecule has 5 atom stereocenters. The molecule has 1 fully saturated rings. The molecule has 8 heteroatoms. The van der Waals surface area contributed by atoms with Crippen LogP contribution in [-0.4, -0.2) is 43.1 Å². The van der Waals surface area contributed by atoms with Crippen LogP contribution in [0.3, 0.4) is 0 Å². The van der Waals surface area contributed by atoms with E-state index in [4.69, 9.17) is 10.5 Å². The number of aromatic nitrogens is 2. The molecule has 4 aliphatic rings. The molecule has 0 radical (unpaired) electrons. The van der Waals surface area contributed by atoms with Crippen molar-refractivity contribution in [3.8, 4) is 0 Å². The van der Waals surface area contributed by atoms with Crippen molar-refractivity contribution in [2.24, 2.45) is 27.7 Å². The Morgan fingerprint density at radius 3 is 2.90 bits per heavy atom. The van der Waals surface area contributed by atoms with Gasteiger partial charge < -0.3 is 20.5 Å². The molecule has 0 bridgehead atoms. The SMILES string of the molecule is CC(=CCN1C[NH+](C)c2ncnc(N)c21)CCC1(C)C(C)CCC2(C)C(COC([O-])=C3C=CC=N3)=CCCC21. The van der Waals surface area contributed by atoms with Crippen LogP contribution in [0.25, 0.3) is 0 Å². The minimum atomic E-state index is -0.332. The molecule has 1 aromatic heterocycles. The zero-order valence-corrected chi connectivity index (χ0v) is 24.2. The third kappa shape index (κ3) is 5.11. The second kappa shape index (κ2) is 10.8. The molecule has 39 heavy (non-hydrogen) atoms. The summed E-state index contributed by atoms with van der Waals surface area (Å²) >= 11 is 0. The fraction of sp³-hybridized carbons (Fsp3) is 0.581. The van der Waals surface area contributed by atoms with Crippen molar-refractivity contribution >= 4 is 23.5 Å². The molecule has 2 aliphatic carbocycles. The molecule has 5 unspecified atom stereocenters. The molecule has 1 aromatic rings. The summed E-state index contributed by atoms with van der Waals surface area (Å²) in [5.41, 5.74) is 10.6. The Labute approximate surface area is 233 Å². The van der Waals surface area contributed by atoms with Gasteiger partial charge >= 0.3 is 0 Å². The molecular weight excluding hydrogens is 488 g/mol. The summed E-state index contributed by atoms with van der Waals surface area (Å²) in [6, 6.07) is 0. The van der Waals surface area contributed by atoms with Crippen LogP contribution < -0.4 is 20.6 Å². The van der Waals surface area contributed by atoms with Gasteiger partial charge in [-0.1, -0.05) is 44.1 Å². The molecule has 0 saturated heterocycles. The quantitative estimate of drug-likeness (QED) is 0.391. The maximum atomic E-state index is 12.5. The van der Waals surface area contributed by atoms with Gasteiger partial charge in [-0.2, -0.15) is 4.98 Å². The Morgan fingerprint density at radius 2 is 2.13 bits per heavy atom. The highest BCUT2D eigenvalue weighted by atomic mass is 16.6. The van der Waals surface area contributed by atoms with Gasteiger partial charge in [0.05, 0.1) is 18.7 Å². The molecule has 3 heterocycles. The first-order valence-electron chi connectivity index (χ1n) is 14.4. The Balaban J connectivity index is 1.25. The van der Waals surface area contributed by atoms with Crippen LogP contribution >= 0.6 is 0 Å². The van der Waals surface area contributed by atoms with E-state index in [1.165, 1.54) is 28.9 Å². The number of ether oxygens (including phenoxy) is 1. The number of fused-ring (bicyclic) bond motifs is 2. The normalized spacial score (nSPS) is 33.2. The van der Waals surface area contributed by atoms with E-state index in [1.54, 1.807) is 24.7 Å². The Bertz CT molecular complexity index is 1240. The Hall–Kier alpha value is -3.13. The van der Waals surface area contributed by atoms with Crippen LogP contribution in [-0.2, 0) is 4.74 Å². The highest BCUT2D eigenvalue weighted by molar-refractivity contribution is 5.77. The number of anilines is 2. The van der Waals surface area contributed by atoms with Crippen LogP contribution in [0.5, 0.6) is 0 Å². The third-order valence-corrected chi connectivity index (χ3v) is 10.2. The fourth-order valence-electron chi connectivity index (χ4n) is 7.51. The number of hydrogen-bond acceptors (Lipinski definition) is 7. The summed E-state index contributed by atoms with van der Waals surface area (Å²) in [5.74, 6) is 2.43. The lowest BCUT2D eigenvalue weighted by Crippen LogP contribution is -3.03. The largest absolute Gasteiger partial charge is 0.607 e. The van der Waals surface area contributed by atoms with Crippen LogP contribution in [0, 0.1) is 22.7 Å². The van der Waals surface area contributed by atoms with Crippen LogP contribution in [0.15, 0.2) is 58.4 Å². The minimum Gasteiger partial charge on any atom is -0.607 e. The maximum Gasteiger partial charge on any atom is 0.256 e. The van der Waals surface area contributed by atoms with E-state index in [-0.39, 0.29) is 16.8 Å². The summed E-state index contributed by atoms with van der Waals surface area (Å²) in [5, 5.41) is 12.5. The van der Waals surface area contributed by atoms with E-state index in [1.807, 2.05) is 0 Å². The van der Waals surface area contributed by atoms with Crippen molar-refractivity contribution in [3.05, 3.63) is 53.4 Å². The molecule has 1 saturated carbocycles. The van der Waals surface area contributed by atoms with Gasteiger partial charge in [0.1, 0.15) is 6.33 Å². The summed E-state index contributed by atoms with van der Waals surface area (Å²) < 4.78 is 5.75. The predicted octanol–water partition coefficient (Wildman–Crippen LogP) is 3.67. The predicted molar refractivity (Wildman–Crippen MR) is 154 cm³/mol. The zero-order valence-electron chi connectivity index (χ0n) is 24.2. The highest BCUT2D eigenvalue weighted by Gasteiger charge is 2.53. The van der Waals surface area contributed by atoms with Crippen molar-refractivity contribution in [2.45, 2.75) is 66.2 Å². The Kier molecular flexibility index (Phi) is 7.60. The summed E-state index contributed by atoms with van der Waals surface area (Å²) in [4.78, 5) is 16.3. The number of rotatable bonds is 8. The second-order valence-electron chi connectivity index (χ2n) is 12.5. The highest BCUT2D eigenvalue weighted by Crippen LogP contribution is 2.62. The first-order valence-corrected chi connectivity index (χ1v) is 14.4. The summed E-state index contributed by atoms with van der Waals surface area (Å²) in [7, 11) is 2.12. The van der Waals surface area contributed by atoms with Crippen LogP contribution in [0.2, 0.25) is 0 Å². The zero-order chi connectivity index (χ0) is 27.8. The molecule has 5 rings (SSSR count). The summed E-state index contributed by atoms with van der Waals surface area (Å²) in [6.07, 6.45) is 18.2. The number of allylic oxidation sites excluding steroid dienone is 4. The van der Waals surface area contributed by atoms with Crippen molar-refractivity contribution in [3.63, 3.8) is 0 Å². The number of nitrogens with one attached hydrogen (secondary N) is 1. The second-order valence-corrected chi connectivity index (χ2v) is 12.5. The lowest BCUT2D eigenvalue weighted by Gasteiger charge is -2.58. The lowest BCUT2D eigenvalue weighted by atomic mass is 9.47. The third-order valence-electron chi connectivity index (χ3n) is 10.2. The molecule has 0 amide bonds. The number of aliphatic imine (C=N–C) groups is 1. The van der Waals surface area contributed by atoms with E-state index in [9.17, 15) is 5.11 Å². The van der Waals surface area contributed by atoms with Crippen LogP contribution in [0.4, 0.5) is 17.3 Å². The van der Waals surface area contributed by atoms with Gasteiger partial charge in [0, 0.05) is 19.4 Å². The number of nitrogen functional groups attached to an aromatic ring is 1. The van der Waals surface area contributed by atoms with E-state index >= 15 is 0 Å². The van der Waals surface area contributed by atoms with E-state index in [0.29, 0.717) is 30.0 Å². The molecule has 3 N–H and O–H groups in total. The first-order chi connectivity index (χ1) is 18.6. The average molecular weight is 533 g/mol. The Morgan fingerprint density at radius 1 is 1.31 bits per heavy atom. The molecule has 210 valence electrons. The average Bonchev–Trinajstić information content (AvgIpc) is 3.57. The standard InChI is InChI=1S/C31H44N6O2/c1-21(13-17-37-20-36(5)28-26(37)27(32)34-19-35-28)11-14-30(3)22(2)12-15-31(4)23(8-6-10-25(30)31)18-39-29(38)24-9-7-16-33-24/h7-9,13,16,19,22,25,38H,6,10-12,14-15,17-18,20H2,1-5H3,(H2,32,34,35). The lowest BCUT2D eigenvalue weighted by molar-refractivity contribution is -0.805. The summed E-state index contributed by atoms with van der Waals surface area (Å²) in [6.45, 7) is 11.7. The van der Waals surface area contributed by atoms with Crippen molar-refractivity contribution in [1.82, 2.24) is 9.97 Å². The number of quaternary nitrogens is 1. The molecule has 0 aromatic carbocycles. The van der Waals surface area contributed by atoms with E-state index in [0.717, 1.165) is 50.4 Å². The van der Waals surface area contributed by atoms with Gasteiger partial charge in [0.15, 0.2) is 18.2 Å². The smallest absolute Gasteiger partial charge is 0.256 e. The van der Waals surface area contributed by atoms with Crippen molar-refractivity contribution < 1.29 is 14.7 Å². The number of nitrogens with two attached hydrogens (primary N) is 1.